The number of benzene rings is 1. The van der Waals surface area contributed by atoms with Crippen LogP contribution in [-0.4, -0.2) is 51.4 Å². The van der Waals surface area contributed by atoms with E-state index < -0.39 is 5.97 Å². The van der Waals surface area contributed by atoms with E-state index in [1.807, 2.05) is 21.1 Å². The van der Waals surface area contributed by atoms with Gasteiger partial charge in [0.25, 0.3) is 0 Å². The van der Waals surface area contributed by atoms with Gasteiger partial charge in [-0.1, -0.05) is 23.2 Å². The van der Waals surface area contributed by atoms with Gasteiger partial charge in [0.15, 0.2) is 6.61 Å². The molecule has 0 heterocycles. The summed E-state index contributed by atoms with van der Waals surface area (Å²) in [4.78, 5) is 11.5. The molecule has 0 saturated heterocycles. The minimum Gasteiger partial charge on any atom is -1.00 e. The number of carbonyl (C=O) groups excluding carboxylic acids is 1. The van der Waals surface area contributed by atoms with Crippen LogP contribution in [0.3, 0.4) is 0 Å². The van der Waals surface area contributed by atoms with Gasteiger partial charge in [-0.2, -0.15) is 0 Å². The number of rotatable bonds is 6. The van der Waals surface area contributed by atoms with Crippen LogP contribution < -0.4 is 17.1 Å². The first kappa shape index (κ1) is 19.3. The predicted octanol–water partition coefficient (Wildman–Crippen LogP) is -0.374. The van der Waals surface area contributed by atoms with Crippen LogP contribution in [0.2, 0.25) is 10.0 Å². The normalized spacial score (nSPS) is 10.7. The Labute approximate surface area is 135 Å². The van der Waals surface area contributed by atoms with E-state index >= 15 is 0 Å². The first-order valence-electron chi connectivity index (χ1n) is 5.82. The van der Waals surface area contributed by atoms with E-state index in [1.165, 1.54) is 0 Å². The Balaban J connectivity index is 0.00000361. The summed E-state index contributed by atoms with van der Waals surface area (Å²) in [6.07, 6.45) is 0. The maximum atomic E-state index is 11.5. The summed E-state index contributed by atoms with van der Waals surface area (Å²) in [5, 5.41) is 0.884. The van der Waals surface area contributed by atoms with Crippen LogP contribution in [0.25, 0.3) is 0 Å². The Bertz CT molecular complexity index is 447. The molecule has 0 aromatic heterocycles. The van der Waals surface area contributed by atoms with Crippen molar-refractivity contribution >= 4 is 29.2 Å². The quantitative estimate of drug-likeness (QED) is 0.522. The van der Waals surface area contributed by atoms with Crippen LogP contribution in [0.4, 0.5) is 0 Å². The smallest absolute Gasteiger partial charge is 0.344 e. The number of esters is 1. The van der Waals surface area contributed by atoms with Gasteiger partial charge in [-0.25, -0.2) is 4.79 Å². The third kappa shape index (κ3) is 7.80. The number of likely N-dealkylation sites (N-methyl/N-ethyl adjacent to an activating group) is 1. The molecule has 0 fully saturated rings. The number of halogens is 3. The van der Waals surface area contributed by atoms with Crippen LogP contribution in [0.1, 0.15) is 0 Å². The third-order valence-electron chi connectivity index (χ3n) is 2.26. The van der Waals surface area contributed by atoms with Crippen molar-refractivity contribution in [3.05, 3.63) is 28.2 Å². The van der Waals surface area contributed by atoms with Crippen molar-refractivity contribution in [2.45, 2.75) is 0 Å². The van der Waals surface area contributed by atoms with Gasteiger partial charge in [0.2, 0.25) is 0 Å². The Morgan fingerprint density at radius 2 is 1.90 bits per heavy atom. The minimum absolute atomic E-state index is 0. The number of hydrogen-bond acceptors (Lipinski definition) is 3. The molecular weight excluding hydrogens is 325 g/mol. The topological polar surface area (TPSA) is 35.5 Å². The first-order valence-corrected chi connectivity index (χ1v) is 6.57. The van der Waals surface area contributed by atoms with Crippen molar-refractivity contribution < 1.29 is 31.2 Å². The summed E-state index contributed by atoms with van der Waals surface area (Å²) < 4.78 is 11.1. The Morgan fingerprint density at radius 1 is 1.25 bits per heavy atom. The molecule has 1 aromatic rings. The zero-order valence-electron chi connectivity index (χ0n) is 11.7. The van der Waals surface area contributed by atoms with E-state index in [0.29, 0.717) is 22.4 Å². The number of ether oxygens (including phenoxy) is 2. The molecule has 0 amide bonds. The minimum atomic E-state index is -0.417. The fourth-order valence-electron chi connectivity index (χ4n) is 1.20. The lowest BCUT2D eigenvalue weighted by Gasteiger charge is -2.23. The second-order valence-corrected chi connectivity index (χ2v) is 5.94. The third-order valence-corrected chi connectivity index (χ3v) is 2.80. The van der Waals surface area contributed by atoms with E-state index in [1.54, 1.807) is 18.2 Å². The Kier molecular flexibility index (Phi) is 8.28. The summed E-state index contributed by atoms with van der Waals surface area (Å²) >= 11 is 11.7. The highest BCUT2D eigenvalue weighted by Crippen LogP contribution is 2.27. The molecular formula is C13H18Cl3NO3. The van der Waals surface area contributed by atoms with Crippen molar-refractivity contribution in [1.29, 1.82) is 0 Å². The zero-order valence-corrected chi connectivity index (χ0v) is 13.9. The molecule has 0 atom stereocenters. The van der Waals surface area contributed by atoms with Crippen molar-refractivity contribution in [2.75, 3.05) is 40.9 Å². The molecule has 114 valence electrons. The average molecular weight is 343 g/mol. The van der Waals surface area contributed by atoms with Crippen LogP contribution in [0.5, 0.6) is 5.75 Å². The summed E-state index contributed by atoms with van der Waals surface area (Å²) in [7, 11) is 6.08. The van der Waals surface area contributed by atoms with Crippen LogP contribution in [0.15, 0.2) is 18.2 Å². The molecule has 4 nitrogen and oxygen atoms in total. The number of hydrogen-bond donors (Lipinski definition) is 0. The molecule has 1 aromatic carbocycles. The molecule has 0 bridgehead atoms. The van der Waals surface area contributed by atoms with E-state index in [2.05, 4.69) is 0 Å². The summed E-state index contributed by atoms with van der Waals surface area (Å²) in [6, 6.07) is 4.82. The van der Waals surface area contributed by atoms with Gasteiger partial charge >= 0.3 is 5.97 Å². The second-order valence-electron chi connectivity index (χ2n) is 5.10. The molecule has 20 heavy (non-hydrogen) atoms. The van der Waals surface area contributed by atoms with E-state index in [0.717, 1.165) is 11.0 Å². The largest absolute Gasteiger partial charge is 1.00 e. The zero-order chi connectivity index (χ0) is 14.5. The van der Waals surface area contributed by atoms with E-state index in [9.17, 15) is 4.79 Å². The summed E-state index contributed by atoms with van der Waals surface area (Å²) in [5.74, 6) is -0.00548. The lowest BCUT2D eigenvalue weighted by Crippen LogP contribution is -3.00. The van der Waals surface area contributed by atoms with Gasteiger partial charge in [-0.3, -0.25) is 0 Å². The van der Waals surface area contributed by atoms with Crippen molar-refractivity contribution in [1.82, 2.24) is 0 Å². The number of carbonyl (C=O) groups is 1. The molecule has 0 aliphatic heterocycles. The van der Waals surface area contributed by atoms with Crippen molar-refractivity contribution in [3.63, 3.8) is 0 Å². The lowest BCUT2D eigenvalue weighted by atomic mass is 10.3. The maximum absolute atomic E-state index is 11.5. The fourth-order valence-corrected chi connectivity index (χ4v) is 1.67. The molecule has 0 N–H and O–H groups in total. The molecule has 0 unspecified atom stereocenters. The Morgan fingerprint density at radius 3 is 2.45 bits per heavy atom. The predicted molar refractivity (Wildman–Crippen MR) is 75.8 cm³/mol. The molecule has 0 radical (unpaired) electrons. The Hall–Kier alpha value is -0.680. The first-order chi connectivity index (χ1) is 8.78. The highest BCUT2D eigenvalue weighted by Gasteiger charge is 2.11. The molecule has 7 heteroatoms. The molecule has 0 aliphatic carbocycles. The van der Waals surface area contributed by atoms with E-state index in [-0.39, 0.29) is 19.0 Å². The van der Waals surface area contributed by atoms with Crippen LogP contribution in [-0.2, 0) is 9.53 Å². The van der Waals surface area contributed by atoms with Gasteiger partial charge in [0.05, 0.1) is 26.2 Å². The summed E-state index contributed by atoms with van der Waals surface area (Å²) in [6.45, 7) is 0.936. The van der Waals surface area contributed by atoms with Crippen LogP contribution in [0, 0.1) is 0 Å². The highest BCUT2D eigenvalue weighted by molar-refractivity contribution is 6.35. The lowest BCUT2D eigenvalue weighted by molar-refractivity contribution is -0.870. The maximum Gasteiger partial charge on any atom is 0.344 e. The van der Waals surface area contributed by atoms with Crippen molar-refractivity contribution in [3.8, 4) is 5.75 Å². The monoisotopic (exact) mass is 341 g/mol. The van der Waals surface area contributed by atoms with Gasteiger partial charge in [-0.05, 0) is 18.2 Å². The molecule has 1 rings (SSSR count). The number of nitrogens with zero attached hydrogens (tertiary/aromatic N) is 1. The molecule has 0 saturated carbocycles. The molecule has 0 spiro atoms. The van der Waals surface area contributed by atoms with Gasteiger partial charge in [-0.15, -0.1) is 0 Å². The van der Waals surface area contributed by atoms with E-state index in [4.69, 9.17) is 32.7 Å². The highest BCUT2D eigenvalue weighted by atomic mass is 35.5. The fraction of sp³-hybridized carbons (Fsp3) is 0.462. The SMILES string of the molecule is C[N+](C)(C)CCOC(=O)COc1ccc(Cl)cc1Cl.[Cl-]. The van der Waals surface area contributed by atoms with Gasteiger partial charge in [0.1, 0.15) is 18.9 Å². The summed E-state index contributed by atoms with van der Waals surface area (Å²) in [5.41, 5.74) is 0. The van der Waals surface area contributed by atoms with Crippen molar-refractivity contribution in [2.24, 2.45) is 0 Å². The molecule has 0 aliphatic rings. The van der Waals surface area contributed by atoms with Crippen LogP contribution >= 0.6 is 23.2 Å². The standard InChI is InChI=1S/C13H18Cl2NO3.ClH/c1-16(2,3)6-7-18-13(17)9-19-12-5-4-10(14)8-11(12)15;/h4-5,8H,6-7,9H2,1-3H3;1H/q+1;/p-1. The van der Waals surface area contributed by atoms with Gasteiger partial charge < -0.3 is 26.4 Å². The average Bonchev–Trinajstić information content (AvgIpc) is 2.26. The van der Waals surface area contributed by atoms with Gasteiger partial charge in [0, 0.05) is 5.02 Å². The second kappa shape index (κ2) is 8.57. The number of quaternary nitrogens is 1.